The number of aryl methyl sites for hydroxylation is 2. The molecule has 3 heterocycles. The Morgan fingerprint density at radius 1 is 0.972 bits per heavy atom. The van der Waals surface area contributed by atoms with Crippen molar-refractivity contribution in [1.29, 1.82) is 5.26 Å². The zero-order valence-electron chi connectivity index (χ0n) is 21.5. The Labute approximate surface area is 212 Å². The van der Waals surface area contributed by atoms with Gasteiger partial charge in [0.1, 0.15) is 18.2 Å². The molecular weight excluding hydrogens is 442 g/mol. The summed E-state index contributed by atoms with van der Waals surface area (Å²) in [6.45, 7) is 7.76. The summed E-state index contributed by atoms with van der Waals surface area (Å²) in [6.07, 6.45) is 3.18. The van der Waals surface area contributed by atoms with Gasteiger partial charge in [0.25, 0.3) is 0 Å². The van der Waals surface area contributed by atoms with Crippen LogP contribution >= 0.6 is 0 Å². The van der Waals surface area contributed by atoms with E-state index in [1.165, 1.54) is 11.3 Å². The van der Waals surface area contributed by atoms with Crippen molar-refractivity contribution in [3.63, 3.8) is 0 Å². The van der Waals surface area contributed by atoms with Gasteiger partial charge in [0, 0.05) is 47.7 Å². The SMILES string of the molecule is Cc1ccc2c(oc3c(-c4ccc5c(c4)N(C)CCC5(C)C)c(C#N)ccc32)c1-c1cccc[n+]1C. The predicted octanol–water partition coefficient (Wildman–Crippen LogP) is 7.04. The number of hydrogen-bond acceptors (Lipinski definition) is 3. The Hall–Kier alpha value is -4.10. The summed E-state index contributed by atoms with van der Waals surface area (Å²) in [5, 5.41) is 12.2. The molecule has 0 amide bonds. The summed E-state index contributed by atoms with van der Waals surface area (Å²) >= 11 is 0. The minimum atomic E-state index is 0.126. The molecule has 0 spiro atoms. The molecule has 3 aromatic carbocycles. The Morgan fingerprint density at radius 2 is 1.72 bits per heavy atom. The maximum Gasteiger partial charge on any atom is 0.216 e. The number of rotatable bonds is 2. The summed E-state index contributed by atoms with van der Waals surface area (Å²) in [4.78, 5) is 2.33. The lowest BCUT2D eigenvalue weighted by Crippen LogP contribution is -2.34. The monoisotopic (exact) mass is 472 g/mol. The fourth-order valence-electron chi connectivity index (χ4n) is 5.76. The predicted molar refractivity (Wildman–Crippen MR) is 146 cm³/mol. The smallest absolute Gasteiger partial charge is 0.216 e. The van der Waals surface area contributed by atoms with Gasteiger partial charge in [-0.25, -0.2) is 4.57 Å². The number of aromatic nitrogens is 1. The number of anilines is 1. The van der Waals surface area contributed by atoms with Crippen molar-refractivity contribution in [3.05, 3.63) is 83.6 Å². The van der Waals surface area contributed by atoms with Crippen LogP contribution in [0.3, 0.4) is 0 Å². The Balaban J connectivity index is 1.67. The molecule has 4 heteroatoms. The fraction of sp³-hybridized carbons (Fsp3) is 0.250. The van der Waals surface area contributed by atoms with Gasteiger partial charge in [-0.1, -0.05) is 38.1 Å². The Kier molecular flexibility index (Phi) is 4.95. The number of hydrogen-bond donors (Lipinski definition) is 0. The lowest BCUT2D eigenvalue weighted by Gasteiger charge is -2.38. The fourth-order valence-corrected chi connectivity index (χ4v) is 5.76. The molecule has 0 saturated carbocycles. The normalized spacial score (nSPS) is 14.7. The maximum atomic E-state index is 10.1. The van der Waals surface area contributed by atoms with Gasteiger partial charge in [-0.2, -0.15) is 5.26 Å². The highest BCUT2D eigenvalue weighted by Crippen LogP contribution is 2.45. The number of nitrogens with zero attached hydrogens (tertiary/aromatic N) is 3. The van der Waals surface area contributed by atoms with Crippen molar-refractivity contribution in [3.8, 4) is 28.5 Å². The van der Waals surface area contributed by atoms with Crippen LogP contribution in [-0.4, -0.2) is 13.6 Å². The maximum absolute atomic E-state index is 10.1. The molecule has 0 aliphatic carbocycles. The lowest BCUT2D eigenvalue weighted by molar-refractivity contribution is -0.660. The van der Waals surface area contributed by atoms with Crippen molar-refractivity contribution >= 4 is 27.6 Å². The second-order valence-corrected chi connectivity index (χ2v) is 10.7. The van der Waals surface area contributed by atoms with E-state index in [1.54, 1.807) is 0 Å². The van der Waals surface area contributed by atoms with Crippen LogP contribution in [0.15, 0.2) is 71.3 Å². The first kappa shape index (κ1) is 22.4. The quantitative estimate of drug-likeness (QED) is 0.259. The average molecular weight is 473 g/mol. The molecule has 0 fully saturated rings. The summed E-state index contributed by atoms with van der Waals surface area (Å²) < 4.78 is 8.86. The van der Waals surface area contributed by atoms with Crippen LogP contribution in [0, 0.1) is 18.3 Å². The third-order valence-corrected chi connectivity index (χ3v) is 7.95. The summed E-state index contributed by atoms with van der Waals surface area (Å²) in [5.41, 5.74) is 10.2. The van der Waals surface area contributed by atoms with E-state index >= 15 is 0 Å². The lowest BCUT2D eigenvalue weighted by atomic mass is 9.77. The second kappa shape index (κ2) is 7.96. The van der Waals surface area contributed by atoms with E-state index in [-0.39, 0.29) is 5.41 Å². The third kappa shape index (κ3) is 3.23. The van der Waals surface area contributed by atoms with Crippen LogP contribution in [0.2, 0.25) is 0 Å². The van der Waals surface area contributed by atoms with Crippen molar-refractivity contribution in [1.82, 2.24) is 0 Å². The zero-order valence-corrected chi connectivity index (χ0v) is 21.5. The third-order valence-electron chi connectivity index (χ3n) is 7.95. The van der Waals surface area contributed by atoms with Gasteiger partial charge in [-0.05, 0) is 59.7 Å². The van der Waals surface area contributed by atoms with E-state index in [9.17, 15) is 5.26 Å². The van der Waals surface area contributed by atoms with E-state index in [1.807, 2.05) is 18.2 Å². The van der Waals surface area contributed by atoms with E-state index in [4.69, 9.17) is 4.42 Å². The van der Waals surface area contributed by atoms with Gasteiger partial charge < -0.3 is 9.32 Å². The Bertz CT molecular complexity index is 1720. The van der Waals surface area contributed by atoms with Gasteiger partial charge in [-0.3, -0.25) is 0 Å². The molecule has 5 aromatic rings. The largest absolute Gasteiger partial charge is 0.454 e. The van der Waals surface area contributed by atoms with Crippen LogP contribution < -0.4 is 9.47 Å². The molecule has 0 saturated heterocycles. The zero-order chi connectivity index (χ0) is 25.2. The first-order valence-corrected chi connectivity index (χ1v) is 12.5. The standard InChI is InChI=1S/C32H30N3O/c1-20-9-12-23-24-13-10-22(19-33)29(21-11-14-25-27(18-21)35(5)17-15-32(25,2)3)31(24)36-30(23)28(20)26-8-6-7-16-34(26)4/h6-14,16,18H,15,17H2,1-5H3/q+1. The van der Waals surface area contributed by atoms with Gasteiger partial charge in [0.2, 0.25) is 5.69 Å². The van der Waals surface area contributed by atoms with Crippen LogP contribution in [0.1, 0.15) is 37.0 Å². The van der Waals surface area contributed by atoms with Gasteiger partial charge >= 0.3 is 0 Å². The van der Waals surface area contributed by atoms with Crippen molar-refractivity contribution in [2.24, 2.45) is 7.05 Å². The number of pyridine rings is 1. The summed E-state index contributed by atoms with van der Waals surface area (Å²) in [5.74, 6) is 0. The minimum Gasteiger partial charge on any atom is -0.454 e. The number of benzene rings is 3. The second-order valence-electron chi connectivity index (χ2n) is 10.7. The molecular formula is C32H30N3O+. The van der Waals surface area contributed by atoms with Crippen molar-refractivity contribution in [2.75, 3.05) is 18.5 Å². The van der Waals surface area contributed by atoms with E-state index < -0.39 is 0 Å². The average Bonchev–Trinajstić information content (AvgIpc) is 3.25. The van der Waals surface area contributed by atoms with Crippen LogP contribution in [0.4, 0.5) is 5.69 Å². The molecule has 1 aliphatic heterocycles. The van der Waals surface area contributed by atoms with Crippen LogP contribution in [-0.2, 0) is 12.5 Å². The van der Waals surface area contributed by atoms with Gasteiger partial charge in [-0.15, -0.1) is 0 Å². The van der Waals surface area contributed by atoms with Gasteiger partial charge in [0.15, 0.2) is 6.20 Å². The highest BCUT2D eigenvalue weighted by atomic mass is 16.3. The number of furan rings is 1. The molecule has 0 atom stereocenters. The molecule has 2 aromatic heterocycles. The first-order valence-electron chi connectivity index (χ1n) is 12.5. The van der Waals surface area contributed by atoms with Crippen LogP contribution in [0.5, 0.6) is 0 Å². The molecule has 36 heavy (non-hydrogen) atoms. The molecule has 0 radical (unpaired) electrons. The highest BCUT2D eigenvalue weighted by molar-refractivity contribution is 6.14. The van der Waals surface area contributed by atoms with Crippen LogP contribution in [0.25, 0.3) is 44.3 Å². The van der Waals surface area contributed by atoms with E-state index in [0.29, 0.717) is 5.56 Å². The Morgan fingerprint density at radius 3 is 2.47 bits per heavy atom. The van der Waals surface area contributed by atoms with Crippen molar-refractivity contribution < 1.29 is 8.98 Å². The van der Waals surface area contributed by atoms with Gasteiger partial charge in [0.05, 0.1) is 17.2 Å². The molecule has 0 N–H and O–H groups in total. The van der Waals surface area contributed by atoms with E-state index in [0.717, 1.165) is 62.9 Å². The molecule has 178 valence electrons. The topological polar surface area (TPSA) is 44.1 Å². The number of fused-ring (bicyclic) bond motifs is 4. The molecule has 6 rings (SSSR count). The van der Waals surface area contributed by atoms with E-state index in [2.05, 4.69) is 99.1 Å². The van der Waals surface area contributed by atoms with Crippen molar-refractivity contribution in [2.45, 2.75) is 32.6 Å². The number of nitriles is 1. The highest BCUT2D eigenvalue weighted by Gasteiger charge is 2.30. The summed E-state index contributed by atoms with van der Waals surface area (Å²) in [6, 6.07) is 23.5. The molecule has 0 unspecified atom stereocenters. The minimum absolute atomic E-state index is 0.126. The molecule has 0 bridgehead atoms. The first-order chi connectivity index (χ1) is 17.3. The summed E-state index contributed by atoms with van der Waals surface area (Å²) in [7, 11) is 4.21. The molecule has 1 aliphatic rings. The molecule has 4 nitrogen and oxygen atoms in total.